The molecule has 4 nitrogen and oxygen atoms in total. The quantitative estimate of drug-likeness (QED) is 0.0346. The van der Waals surface area contributed by atoms with Crippen LogP contribution in [0.1, 0.15) is 367 Å². The van der Waals surface area contributed by atoms with Crippen LogP contribution in [0, 0.1) is 0 Å². The second kappa shape index (κ2) is 63.2. The van der Waals surface area contributed by atoms with E-state index < -0.39 is 0 Å². The van der Waals surface area contributed by atoms with Gasteiger partial charge in [0.15, 0.2) is 0 Å². The van der Waals surface area contributed by atoms with Crippen LogP contribution in [-0.2, 0) is 19.0 Å². The van der Waals surface area contributed by atoms with Crippen molar-refractivity contribution < 1.29 is 19.0 Å². The van der Waals surface area contributed by atoms with E-state index >= 15 is 0 Å². The van der Waals surface area contributed by atoms with E-state index in [-0.39, 0.29) is 12.1 Å². The molecule has 412 valence electrons. The van der Waals surface area contributed by atoms with Crippen LogP contribution >= 0.6 is 0 Å². The van der Waals surface area contributed by atoms with Gasteiger partial charge in [-0.1, -0.05) is 328 Å². The van der Waals surface area contributed by atoms with Gasteiger partial charge in [-0.3, -0.25) is 4.79 Å². The van der Waals surface area contributed by atoms with Crippen LogP contribution in [0.2, 0.25) is 0 Å². The molecule has 0 N–H and O–H groups in total. The largest absolute Gasteiger partial charge is 0.457 e. The van der Waals surface area contributed by atoms with E-state index in [1.807, 2.05) is 0 Å². The molecule has 0 spiro atoms. The summed E-state index contributed by atoms with van der Waals surface area (Å²) in [5.74, 6) is -0.0811. The molecule has 69 heavy (non-hydrogen) atoms. The molecule has 0 saturated carbocycles. The zero-order valence-electron chi connectivity index (χ0n) is 47.9. The maximum absolute atomic E-state index is 12.9. The number of hydrogen-bond donors (Lipinski definition) is 0. The molecule has 0 fully saturated rings. The molecule has 0 atom stereocenters. The molecule has 0 amide bonds. The number of ether oxygens (including phenoxy) is 3. The van der Waals surface area contributed by atoms with Gasteiger partial charge >= 0.3 is 5.97 Å². The molecular weight excluding hydrogens is 845 g/mol. The molecule has 0 unspecified atom stereocenters. The summed E-state index contributed by atoms with van der Waals surface area (Å²) in [6.45, 7) is 9.30. The fourth-order valence-electron chi connectivity index (χ4n) is 10.0. The van der Waals surface area contributed by atoms with Crippen molar-refractivity contribution in [1.29, 1.82) is 0 Å². The lowest BCUT2D eigenvalue weighted by atomic mass is 10.0. The lowest BCUT2D eigenvalue weighted by Gasteiger charge is -2.18. The van der Waals surface area contributed by atoms with E-state index in [1.54, 1.807) is 0 Å². The van der Waals surface area contributed by atoms with Gasteiger partial charge in [0.1, 0.15) is 6.10 Å². The Morgan fingerprint density at radius 2 is 0.507 bits per heavy atom. The van der Waals surface area contributed by atoms with Gasteiger partial charge in [0.25, 0.3) is 0 Å². The molecule has 0 aliphatic carbocycles. The van der Waals surface area contributed by atoms with Crippen molar-refractivity contribution >= 4 is 5.97 Å². The molecule has 4 heteroatoms. The van der Waals surface area contributed by atoms with Crippen molar-refractivity contribution in [3.8, 4) is 0 Å². The van der Waals surface area contributed by atoms with E-state index in [1.165, 1.54) is 315 Å². The number of allylic oxidation sites excluding steroid dienone is 2. The summed E-state index contributed by atoms with van der Waals surface area (Å²) >= 11 is 0. The van der Waals surface area contributed by atoms with Crippen LogP contribution in [-0.4, -0.2) is 38.5 Å². The van der Waals surface area contributed by atoms with E-state index in [2.05, 4.69) is 32.9 Å². The SMILES string of the molecule is CCCCCCCCC=CCCCCCCCC(=O)OC(COCCCCCCCCCCCCCCCCCCCCCC)COCCCCCCCCCCCCCCCCCCCCCC. The van der Waals surface area contributed by atoms with Gasteiger partial charge in [0.05, 0.1) is 13.2 Å². The smallest absolute Gasteiger partial charge is 0.306 e. The Kier molecular flexibility index (Phi) is 62.4. The molecule has 0 rings (SSSR count). The van der Waals surface area contributed by atoms with Crippen molar-refractivity contribution in [3.05, 3.63) is 12.2 Å². The van der Waals surface area contributed by atoms with Crippen LogP contribution in [0.15, 0.2) is 12.2 Å². The monoisotopic (exact) mass is 973 g/mol. The summed E-state index contributed by atoms with van der Waals surface area (Å²) in [4.78, 5) is 12.9. The fourth-order valence-corrected chi connectivity index (χ4v) is 10.0. The predicted molar refractivity (Wildman–Crippen MR) is 307 cm³/mol. The summed E-state index contributed by atoms with van der Waals surface area (Å²) in [5, 5.41) is 0. The highest BCUT2D eigenvalue weighted by molar-refractivity contribution is 5.69. The van der Waals surface area contributed by atoms with Crippen molar-refractivity contribution in [2.24, 2.45) is 0 Å². The molecular formula is C65H128O4. The third-order valence-corrected chi connectivity index (χ3v) is 14.8. The first-order valence-corrected chi connectivity index (χ1v) is 32.2. The number of unbranched alkanes of at least 4 members (excludes halogenated alkanes) is 49. The number of hydrogen-bond acceptors (Lipinski definition) is 4. The molecule has 0 aromatic heterocycles. The van der Waals surface area contributed by atoms with Gasteiger partial charge in [-0.2, -0.15) is 0 Å². The van der Waals surface area contributed by atoms with Crippen molar-refractivity contribution in [3.63, 3.8) is 0 Å². The molecule has 0 heterocycles. The van der Waals surface area contributed by atoms with Crippen LogP contribution < -0.4 is 0 Å². The number of carbonyl (C=O) groups excluding carboxylic acids is 1. The lowest BCUT2D eigenvalue weighted by molar-refractivity contribution is -0.156. The van der Waals surface area contributed by atoms with E-state index in [4.69, 9.17) is 14.2 Å². The van der Waals surface area contributed by atoms with E-state index in [9.17, 15) is 4.79 Å². The highest BCUT2D eigenvalue weighted by Crippen LogP contribution is 2.18. The minimum Gasteiger partial charge on any atom is -0.457 e. The lowest BCUT2D eigenvalue weighted by Crippen LogP contribution is -2.29. The van der Waals surface area contributed by atoms with Gasteiger partial charge in [0.2, 0.25) is 0 Å². The van der Waals surface area contributed by atoms with Gasteiger partial charge < -0.3 is 14.2 Å². The standard InChI is InChI=1S/C65H128O4/c1-4-7-10-13-16-19-22-25-28-30-32-34-36-39-42-45-48-51-54-57-60-67-62-64(69-65(66)59-56-53-50-47-44-41-38-27-24-21-18-15-12-9-6-3)63-68-61-58-55-52-49-46-43-40-37-35-33-31-29-26-23-20-17-14-11-8-5-2/h27,38,64H,4-26,28-37,39-63H2,1-3H3. The number of esters is 1. The number of carbonyl (C=O) groups is 1. The molecule has 0 bridgehead atoms. The molecule has 0 saturated heterocycles. The fraction of sp³-hybridized carbons (Fsp3) is 0.954. The van der Waals surface area contributed by atoms with Crippen LogP contribution in [0.4, 0.5) is 0 Å². The van der Waals surface area contributed by atoms with Crippen LogP contribution in [0.5, 0.6) is 0 Å². The summed E-state index contributed by atoms with van der Waals surface area (Å²) in [5.41, 5.74) is 0. The maximum atomic E-state index is 12.9. The second-order valence-corrected chi connectivity index (χ2v) is 22.0. The normalized spacial score (nSPS) is 11.8. The average Bonchev–Trinajstić information content (AvgIpc) is 3.35. The Hall–Kier alpha value is -0.870. The number of rotatable bonds is 62. The van der Waals surface area contributed by atoms with Gasteiger partial charge in [-0.25, -0.2) is 0 Å². The van der Waals surface area contributed by atoms with Crippen LogP contribution in [0.3, 0.4) is 0 Å². The van der Waals surface area contributed by atoms with Crippen molar-refractivity contribution in [2.45, 2.75) is 374 Å². The molecule has 0 radical (unpaired) electrons. The average molecular weight is 974 g/mol. The molecule has 0 aromatic carbocycles. The maximum Gasteiger partial charge on any atom is 0.306 e. The Morgan fingerprint density at radius 3 is 0.768 bits per heavy atom. The third-order valence-electron chi connectivity index (χ3n) is 14.8. The predicted octanol–water partition coefficient (Wildman–Crippen LogP) is 22.6. The van der Waals surface area contributed by atoms with Gasteiger partial charge in [-0.05, 0) is 44.9 Å². The van der Waals surface area contributed by atoms with Gasteiger partial charge in [-0.15, -0.1) is 0 Å². The zero-order chi connectivity index (χ0) is 49.7. The summed E-state index contributed by atoms with van der Waals surface area (Å²) < 4.78 is 18.2. The van der Waals surface area contributed by atoms with Crippen LogP contribution in [0.25, 0.3) is 0 Å². The minimum absolute atomic E-state index is 0.0811. The first kappa shape index (κ1) is 68.1. The van der Waals surface area contributed by atoms with Crippen molar-refractivity contribution in [1.82, 2.24) is 0 Å². The van der Waals surface area contributed by atoms with Crippen molar-refractivity contribution in [2.75, 3.05) is 26.4 Å². The Labute approximate surface area is 435 Å². The Balaban J connectivity index is 4.08. The topological polar surface area (TPSA) is 44.8 Å². The summed E-state index contributed by atoms with van der Waals surface area (Å²) in [6, 6.07) is 0. The highest BCUT2D eigenvalue weighted by Gasteiger charge is 2.15. The second-order valence-electron chi connectivity index (χ2n) is 22.0. The molecule has 0 aromatic rings. The highest BCUT2D eigenvalue weighted by atomic mass is 16.6. The summed E-state index contributed by atoms with van der Waals surface area (Å²) in [7, 11) is 0. The first-order valence-electron chi connectivity index (χ1n) is 32.2. The first-order chi connectivity index (χ1) is 34.2. The minimum atomic E-state index is -0.296. The summed E-state index contributed by atoms with van der Waals surface area (Å²) in [6.07, 6.45) is 77.2. The molecule has 0 aliphatic heterocycles. The van der Waals surface area contributed by atoms with E-state index in [0.29, 0.717) is 19.6 Å². The molecule has 0 aliphatic rings. The van der Waals surface area contributed by atoms with Gasteiger partial charge in [0, 0.05) is 19.6 Å². The third kappa shape index (κ3) is 61.3. The Bertz CT molecular complexity index is 900. The zero-order valence-corrected chi connectivity index (χ0v) is 47.9. The van der Waals surface area contributed by atoms with E-state index in [0.717, 1.165) is 38.9 Å². The Morgan fingerprint density at radius 1 is 0.290 bits per heavy atom.